The summed E-state index contributed by atoms with van der Waals surface area (Å²) in [7, 11) is 0. The van der Waals surface area contributed by atoms with Gasteiger partial charge in [-0.05, 0) is 34.1 Å². The maximum atomic E-state index is 11.4. The number of benzene rings is 2. The molecule has 0 bridgehead atoms. The Hall–Kier alpha value is -1.92. The summed E-state index contributed by atoms with van der Waals surface area (Å²) in [5, 5.41) is 17.9. The van der Waals surface area contributed by atoms with Gasteiger partial charge in [-0.2, -0.15) is 0 Å². The van der Waals surface area contributed by atoms with Crippen LogP contribution in [0.2, 0.25) is 0 Å². The smallest absolute Gasteiger partial charge is 0.357 e. The maximum absolute atomic E-state index is 11.4. The van der Waals surface area contributed by atoms with Crippen molar-refractivity contribution in [2.45, 2.75) is 9.79 Å². The molecule has 0 fully saturated rings. The largest absolute Gasteiger partial charge is 0.476 e. The van der Waals surface area contributed by atoms with Crippen LogP contribution in [0.4, 0.5) is 0 Å². The predicted molar refractivity (Wildman–Crippen MR) is 84.8 cm³/mol. The zero-order chi connectivity index (χ0) is 14.8. The Balaban J connectivity index is 2.21. The standard InChI is InChI=1S/C15H9BrN2O2S/c16-10-6-2-4-8-12(10)21-14-9-5-1-3-7-11(9)17-18-13(14)15(19)20/h1-8H,(H,19,20). The summed E-state index contributed by atoms with van der Waals surface area (Å²) < 4.78 is 0.909. The van der Waals surface area contributed by atoms with E-state index in [0.717, 1.165) is 14.8 Å². The van der Waals surface area contributed by atoms with Crippen LogP contribution in [-0.4, -0.2) is 21.3 Å². The lowest BCUT2D eigenvalue weighted by atomic mass is 10.2. The summed E-state index contributed by atoms with van der Waals surface area (Å²) in [4.78, 5) is 12.9. The molecule has 0 saturated heterocycles. The average Bonchev–Trinajstić information content (AvgIpc) is 2.49. The quantitative estimate of drug-likeness (QED) is 0.756. The molecule has 0 saturated carbocycles. The van der Waals surface area contributed by atoms with E-state index in [2.05, 4.69) is 26.1 Å². The molecule has 1 heterocycles. The summed E-state index contributed by atoms with van der Waals surface area (Å²) in [5.74, 6) is -1.08. The Morgan fingerprint density at radius 2 is 1.76 bits per heavy atom. The first kappa shape index (κ1) is 14.0. The Kier molecular flexibility index (Phi) is 3.90. The first-order chi connectivity index (χ1) is 10.2. The summed E-state index contributed by atoms with van der Waals surface area (Å²) in [6.45, 7) is 0. The molecule has 0 aliphatic carbocycles. The van der Waals surface area contributed by atoms with Gasteiger partial charge in [0, 0.05) is 14.8 Å². The lowest BCUT2D eigenvalue weighted by molar-refractivity contribution is 0.0685. The van der Waals surface area contributed by atoms with Gasteiger partial charge in [0.15, 0.2) is 5.69 Å². The fourth-order valence-corrected chi connectivity index (χ4v) is 3.48. The van der Waals surface area contributed by atoms with Crippen LogP contribution in [0.25, 0.3) is 10.9 Å². The summed E-state index contributed by atoms with van der Waals surface area (Å²) in [6, 6.07) is 15.0. The normalized spacial score (nSPS) is 10.7. The highest BCUT2D eigenvalue weighted by atomic mass is 79.9. The van der Waals surface area contributed by atoms with Gasteiger partial charge in [-0.25, -0.2) is 4.79 Å². The minimum absolute atomic E-state index is 0.0329. The van der Waals surface area contributed by atoms with Crippen molar-refractivity contribution >= 4 is 44.6 Å². The van der Waals surface area contributed by atoms with Gasteiger partial charge < -0.3 is 5.11 Å². The molecule has 0 spiro atoms. The van der Waals surface area contributed by atoms with Crippen LogP contribution in [0.3, 0.4) is 0 Å². The predicted octanol–water partition coefficient (Wildman–Crippen LogP) is 4.24. The van der Waals surface area contributed by atoms with Crippen molar-refractivity contribution in [2.75, 3.05) is 0 Å². The molecule has 104 valence electrons. The molecule has 4 nitrogen and oxygen atoms in total. The molecule has 6 heteroatoms. The van der Waals surface area contributed by atoms with Crippen molar-refractivity contribution in [1.29, 1.82) is 0 Å². The number of carboxylic acid groups (broad SMARTS) is 1. The topological polar surface area (TPSA) is 63.1 Å². The van der Waals surface area contributed by atoms with E-state index in [1.165, 1.54) is 11.8 Å². The third kappa shape index (κ3) is 2.77. The van der Waals surface area contributed by atoms with Crippen LogP contribution in [0.1, 0.15) is 10.5 Å². The SMILES string of the molecule is O=C(O)c1nnc2ccccc2c1Sc1ccccc1Br. The highest BCUT2D eigenvalue weighted by molar-refractivity contribution is 9.10. The Labute approximate surface area is 133 Å². The number of rotatable bonds is 3. The van der Waals surface area contributed by atoms with Gasteiger partial charge in [0.25, 0.3) is 0 Å². The summed E-state index contributed by atoms with van der Waals surface area (Å²) >= 11 is 4.84. The molecule has 0 atom stereocenters. The van der Waals surface area contributed by atoms with E-state index < -0.39 is 5.97 Å². The molecule has 21 heavy (non-hydrogen) atoms. The minimum Gasteiger partial charge on any atom is -0.476 e. The second-order valence-corrected chi connectivity index (χ2v) is 6.14. The van der Waals surface area contributed by atoms with Crippen LogP contribution >= 0.6 is 27.7 Å². The van der Waals surface area contributed by atoms with Gasteiger partial charge in [-0.3, -0.25) is 0 Å². The van der Waals surface area contributed by atoms with Crippen LogP contribution < -0.4 is 0 Å². The monoisotopic (exact) mass is 360 g/mol. The van der Waals surface area contributed by atoms with Crippen LogP contribution in [0.15, 0.2) is 62.8 Å². The van der Waals surface area contributed by atoms with Crippen molar-refractivity contribution in [3.8, 4) is 0 Å². The van der Waals surface area contributed by atoms with Gasteiger partial charge in [-0.1, -0.05) is 42.1 Å². The number of aromatic nitrogens is 2. The highest BCUT2D eigenvalue weighted by Gasteiger charge is 2.18. The molecule has 0 aliphatic rings. The van der Waals surface area contributed by atoms with Crippen molar-refractivity contribution in [3.05, 3.63) is 58.7 Å². The van der Waals surface area contributed by atoms with Crippen LogP contribution in [0, 0.1) is 0 Å². The van der Waals surface area contributed by atoms with E-state index in [0.29, 0.717) is 10.4 Å². The van der Waals surface area contributed by atoms with Gasteiger partial charge in [0.1, 0.15) is 0 Å². The molecule has 1 aromatic heterocycles. The molecule has 1 N–H and O–H groups in total. The molecule has 2 aromatic carbocycles. The number of hydrogen-bond donors (Lipinski definition) is 1. The lowest BCUT2D eigenvalue weighted by Gasteiger charge is -2.09. The van der Waals surface area contributed by atoms with E-state index in [1.54, 1.807) is 0 Å². The number of carbonyl (C=O) groups is 1. The molecular formula is C15H9BrN2O2S. The fourth-order valence-electron chi connectivity index (χ4n) is 1.91. The number of halogens is 1. The molecule has 0 radical (unpaired) electrons. The number of aromatic carboxylic acids is 1. The van der Waals surface area contributed by atoms with Gasteiger partial charge in [0.05, 0.1) is 10.4 Å². The van der Waals surface area contributed by atoms with Crippen LogP contribution in [0.5, 0.6) is 0 Å². The van der Waals surface area contributed by atoms with E-state index >= 15 is 0 Å². The molecular weight excluding hydrogens is 352 g/mol. The molecule has 0 unspecified atom stereocenters. The van der Waals surface area contributed by atoms with E-state index in [4.69, 9.17) is 0 Å². The van der Waals surface area contributed by atoms with Crippen molar-refractivity contribution in [1.82, 2.24) is 10.2 Å². The summed E-state index contributed by atoms with van der Waals surface area (Å²) in [5.41, 5.74) is 0.645. The molecule has 3 rings (SSSR count). The minimum atomic E-state index is -1.08. The van der Waals surface area contributed by atoms with Gasteiger partial charge in [-0.15, -0.1) is 10.2 Å². The Morgan fingerprint density at radius 3 is 2.52 bits per heavy atom. The number of nitrogens with zero attached hydrogens (tertiary/aromatic N) is 2. The molecule has 3 aromatic rings. The second kappa shape index (κ2) is 5.83. The first-order valence-electron chi connectivity index (χ1n) is 6.08. The number of hydrogen-bond acceptors (Lipinski definition) is 4. The molecule has 0 amide bonds. The molecule has 0 aliphatic heterocycles. The van der Waals surface area contributed by atoms with E-state index in [1.807, 2.05) is 48.5 Å². The van der Waals surface area contributed by atoms with Gasteiger partial charge >= 0.3 is 5.97 Å². The van der Waals surface area contributed by atoms with Crippen molar-refractivity contribution in [2.24, 2.45) is 0 Å². The van der Waals surface area contributed by atoms with Gasteiger partial charge in [0.2, 0.25) is 0 Å². The zero-order valence-corrected chi connectivity index (χ0v) is 13.1. The van der Waals surface area contributed by atoms with Crippen molar-refractivity contribution in [3.63, 3.8) is 0 Å². The van der Waals surface area contributed by atoms with E-state index in [9.17, 15) is 9.90 Å². The lowest BCUT2D eigenvalue weighted by Crippen LogP contribution is -2.05. The Morgan fingerprint density at radius 1 is 1.05 bits per heavy atom. The Bertz CT molecular complexity index is 839. The second-order valence-electron chi connectivity index (χ2n) is 4.23. The number of fused-ring (bicyclic) bond motifs is 1. The first-order valence-corrected chi connectivity index (χ1v) is 7.69. The third-order valence-corrected chi connectivity index (χ3v) is 5.02. The van der Waals surface area contributed by atoms with Crippen LogP contribution in [-0.2, 0) is 0 Å². The van der Waals surface area contributed by atoms with E-state index in [-0.39, 0.29) is 5.69 Å². The average molecular weight is 361 g/mol. The summed E-state index contributed by atoms with van der Waals surface area (Å²) in [6.07, 6.45) is 0. The number of carboxylic acids is 1. The maximum Gasteiger partial charge on any atom is 0.357 e. The van der Waals surface area contributed by atoms with Crippen molar-refractivity contribution < 1.29 is 9.90 Å². The fraction of sp³-hybridized carbons (Fsp3) is 0. The zero-order valence-electron chi connectivity index (χ0n) is 10.7. The highest BCUT2D eigenvalue weighted by Crippen LogP contribution is 2.38. The third-order valence-electron chi connectivity index (χ3n) is 2.87.